The second kappa shape index (κ2) is 4.81. The van der Waals surface area contributed by atoms with Gasteiger partial charge in [0.25, 0.3) is 0 Å². The van der Waals surface area contributed by atoms with E-state index in [0.717, 1.165) is 16.8 Å². The van der Waals surface area contributed by atoms with E-state index in [2.05, 4.69) is 5.10 Å². The lowest BCUT2D eigenvalue weighted by atomic mass is 10.0. The predicted molar refractivity (Wildman–Crippen MR) is 67.7 cm³/mol. The van der Waals surface area contributed by atoms with Gasteiger partial charge in [0, 0.05) is 16.1 Å². The molecule has 0 bridgehead atoms. The number of halogens is 1. The van der Waals surface area contributed by atoms with E-state index in [1.807, 2.05) is 54.6 Å². The first-order chi connectivity index (χ1) is 7.81. The summed E-state index contributed by atoms with van der Waals surface area (Å²) in [7, 11) is 0. The maximum Gasteiger partial charge on any atom is 0.0971 e. The van der Waals surface area contributed by atoms with Gasteiger partial charge in [0.05, 0.1) is 5.71 Å². The van der Waals surface area contributed by atoms with Gasteiger partial charge < -0.3 is 5.84 Å². The van der Waals surface area contributed by atoms with Crippen molar-refractivity contribution in [3.05, 3.63) is 70.7 Å². The highest BCUT2D eigenvalue weighted by molar-refractivity contribution is 6.30. The SMILES string of the molecule is NN=C(c1ccccc1)c1ccc(Cl)cc1. The van der Waals surface area contributed by atoms with Crippen LogP contribution in [0.15, 0.2) is 59.7 Å². The summed E-state index contributed by atoms with van der Waals surface area (Å²) in [6.07, 6.45) is 0. The highest BCUT2D eigenvalue weighted by atomic mass is 35.5. The Bertz CT molecular complexity index is 489. The monoisotopic (exact) mass is 230 g/mol. The summed E-state index contributed by atoms with van der Waals surface area (Å²) in [6.45, 7) is 0. The fraction of sp³-hybridized carbons (Fsp3) is 0. The number of hydrogen-bond donors (Lipinski definition) is 1. The fourth-order valence-corrected chi connectivity index (χ4v) is 1.65. The molecule has 0 fully saturated rings. The lowest BCUT2D eigenvalue weighted by Crippen LogP contribution is -2.05. The molecule has 3 heteroatoms. The average Bonchev–Trinajstić information content (AvgIpc) is 2.34. The zero-order chi connectivity index (χ0) is 11.4. The third-order valence-corrected chi connectivity index (χ3v) is 2.55. The lowest BCUT2D eigenvalue weighted by molar-refractivity contribution is 1.24. The van der Waals surface area contributed by atoms with E-state index in [4.69, 9.17) is 17.4 Å². The van der Waals surface area contributed by atoms with Crippen molar-refractivity contribution in [2.75, 3.05) is 0 Å². The number of hydrazone groups is 1. The van der Waals surface area contributed by atoms with Gasteiger partial charge in [-0.05, 0) is 12.1 Å². The first kappa shape index (κ1) is 10.7. The molecule has 2 N–H and O–H groups in total. The first-order valence-electron chi connectivity index (χ1n) is 4.90. The summed E-state index contributed by atoms with van der Waals surface area (Å²) in [5, 5.41) is 4.53. The standard InChI is InChI=1S/C13H11ClN2/c14-12-8-6-11(7-9-12)13(16-15)10-4-2-1-3-5-10/h1-9H,15H2. The Hall–Kier alpha value is -1.80. The molecule has 0 aromatic heterocycles. The van der Waals surface area contributed by atoms with Crippen LogP contribution in [0, 0.1) is 0 Å². The minimum Gasteiger partial charge on any atom is -0.323 e. The van der Waals surface area contributed by atoms with Crippen molar-refractivity contribution >= 4 is 17.3 Å². The van der Waals surface area contributed by atoms with E-state index in [9.17, 15) is 0 Å². The topological polar surface area (TPSA) is 38.4 Å². The third-order valence-electron chi connectivity index (χ3n) is 2.29. The number of nitrogens with two attached hydrogens (primary N) is 1. The van der Waals surface area contributed by atoms with E-state index in [0.29, 0.717) is 5.02 Å². The van der Waals surface area contributed by atoms with Crippen molar-refractivity contribution in [1.29, 1.82) is 0 Å². The van der Waals surface area contributed by atoms with E-state index in [1.165, 1.54) is 0 Å². The molecule has 0 radical (unpaired) electrons. The highest BCUT2D eigenvalue weighted by Gasteiger charge is 2.05. The van der Waals surface area contributed by atoms with Gasteiger partial charge in [-0.1, -0.05) is 54.1 Å². The van der Waals surface area contributed by atoms with Crippen LogP contribution in [-0.2, 0) is 0 Å². The molecule has 0 saturated heterocycles. The number of benzene rings is 2. The Morgan fingerprint density at radius 3 is 2.00 bits per heavy atom. The van der Waals surface area contributed by atoms with Crippen LogP contribution < -0.4 is 5.84 Å². The van der Waals surface area contributed by atoms with Gasteiger partial charge in [-0.3, -0.25) is 0 Å². The smallest absolute Gasteiger partial charge is 0.0971 e. The van der Waals surface area contributed by atoms with Gasteiger partial charge in [-0.15, -0.1) is 0 Å². The van der Waals surface area contributed by atoms with E-state index in [-0.39, 0.29) is 0 Å². The molecule has 0 aliphatic heterocycles. The number of rotatable bonds is 2. The van der Waals surface area contributed by atoms with Crippen molar-refractivity contribution in [2.45, 2.75) is 0 Å². The third kappa shape index (κ3) is 2.23. The van der Waals surface area contributed by atoms with Crippen molar-refractivity contribution in [3.63, 3.8) is 0 Å². The molecule has 0 heterocycles. The van der Waals surface area contributed by atoms with Gasteiger partial charge in [0.15, 0.2) is 0 Å². The fourth-order valence-electron chi connectivity index (χ4n) is 1.52. The summed E-state index contributed by atoms with van der Waals surface area (Å²) in [4.78, 5) is 0. The van der Waals surface area contributed by atoms with Crippen molar-refractivity contribution in [2.24, 2.45) is 10.9 Å². The van der Waals surface area contributed by atoms with Crippen LogP contribution in [0.3, 0.4) is 0 Å². The Kier molecular flexibility index (Phi) is 3.22. The van der Waals surface area contributed by atoms with E-state index < -0.39 is 0 Å². The highest BCUT2D eigenvalue weighted by Crippen LogP contribution is 2.14. The molecule has 0 unspecified atom stereocenters. The maximum absolute atomic E-state index is 5.83. The Morgan fingerprint density at radius 1 is 0.875 bits per heavy atom. The molecule has 0 aliphatic rings. The first-order valence-corrected chi connectivity index (χ1v) is 5.28. The van der Waals surface area contributed by atoms with Gasteiger partial charge in [-0.25, -0.2) is 0 Å². The van der Waals surface area contributed by atoms with Gasteiger partial charge in [-0.2, -0.15) is 5.10 Å². The summed E-state index contributed by atoms with van der Waals surface area (Å²) in [5.74, 6) is 5.43. The van der Waals surface area contributed by atoms with E-state index >= 15 is 0 Å². The van der Waals surface area contributed by atoms with Crippen LogP contribution in [-0.4, -0.2) is 5.71 Å². The van der Waals surface area contributed by atoms with Crippen LogP contribution in [0.25, 0.3) is 0 Å². The molecule has 2 rings (SSSR count). The maximum atomic E-state index is 5.83. The number of hydrogen-bond acceptors (Lipinski definition) is 2. The van der Waals surface area contributed by atoms with Crippen molar-refractivity contribution < 1.29 is 0 Å². The Labute approximate surface area is 99.4 Å². The molecule has 80 valence electrons. The molecular formula is C13H11ClN2. The number of nitrogens with zero attached hydrogens (tertiary/aromatic N) is 1. The lowest BCUT2D eigenvalue weighted by Gasteiger charge is -2.05. The van der Waals surface area contributed by atoms with Crippen LogP contribution in [0.4, 0.5) is 0 Å². The average molecular weight is 231 g/mol. The summed E-state index contributed by atoms with van der Waals surface area (Å²) < 4.78 is 0. The summed E-state index contributed by atoms with van der Waals surface area (Å²) >= 11 is 5.83. The largest absolute Gasteiger partial charge is 0.323 e. The molecule has 0 aliphatic carbocycles. The molecule has 0 atom stereocenters. The van der Waals surface area contributed by atoms with Gasteiger partial charge in [0.1, 0.15) is 0 Å². The normalized spacial score (nSPS) is 11.4. The molecule has 2 aromatic rings. The minimum atomic E-state index is 0.702. The summed E-state index contributed by atoms with van der Waals surface area (Å²) in [5.41, 5.74) is 2.71. The molecule has 0 spiro atoms. The Morgan fingerprint density at radius 2 is 1.44 bits per heavy atom. The van der Waals surface area contributed by atoms with E-state index in [1.54, 1.807) is 0 Å². The molecule has 2 aromatic carbocycles. The van der Waals surface area contributed by atoms with Gasteiger partial charge >= 0.3 is 0 Å². The van der Waals surface area contributed by atoms with Crippen LogP contribution in [0.1, 0.15) is 11.1 Å². The predicted octanol–water partition coefficient (Wildman–Crippen LogP) is 3.05. The minimum absolute atomic E-state index is 0.702. The summed E-state index contributed by atoms with van der Waals surface area (Å²) in [6, 6.07) is 17.3. The second-order valence-corrected chi connectivity index (χ2v) is 3.79. The van der Waals surface area contributed by atoms with Crippen molar-refractivity contribution in [1.82, 2.24) is 0 Å². The quantitative estimate of drug-likeness (QED) is 0.481. The van der Waals surface area contributed by atoms with Crippen LogP contribution in [0.2, 0.25) is 5.02 Å². The van der Waals surface area contributed by atoms with Crippen LogP contribution in [0.5, 0.6) is 0 Å². The van der Waals surface area contributed by atoms with Gasteiger partial charge in [0.2, 0.25) is 0 Å². The zero-order valence-corrected chi connectivity index (χ0v) is 9.35. The zero-order valence-electron chi connectivity index (χ0n) is 8.60. The molecule has 16 heavy (non-hydrogen) atoms. The van der Waals surface area contributed by atoms with Crippen molar-refractivity contribution in [3.8, 4) is 0 Å². The molecular weight excluding hydrogens is 220 g/mol. The molecule has 0 saturated carbocycles. The van der Waals surface area contributed by atoms with Crippen LogP contribution >= 0.6 is 11.6 Å². The second-order valence-electron chi connectivity index (χ2n) is 3.35. The molecule has 0 amide bonds. The molecule has 2 nitrogen and oxygen atoms in total. The Balaban J connectivity index is 2.42.